The van der Waals surface area contributed by atoms with Gasteiger partial charge in [0.25, 0.3) is 0 Å². The van der Waals surface area contributed by atoms with Crippen molar-refractivity contribution < 1.29 is 32.9 Å². The number of carbonyl (C=O) groups excluding carboxylic acids is 1. The molecule has 0 unspecified atom stereocenters. The van der Waals surface area contributed by atoms with Crippen LogP contribution in [0.4, 0.5) is 18.0 Å². The van der Waals surface area contributed by atoms with Crippen molar-refractivity contribution in [2.45, 2.75) is 51.6 Å². The number of aliphatic hydroxyl groups excluding tert-OH is 2. The molecule has 0 aromatic heterocycles. The molecular weight excluding hydrogens is 267 g/mol. The molecule has 0 fully saturated rings. The number of carbonyl (C=O) groups is 1. The number of alkyl carbamates (subject to hydrolysis) is 1. The minimum atomic E-state index is -4.62. The predicted octanol–water partition coefficient (Wildman–Crippen LogP) is 1.43. The lowest BCUT2D eigenvalue weighted by Gasteiger charge is -2.31. The molecule has 0 radical (unpaired) electrons. The second kappa shape index (κ2) is 6.42. The lowest BCUT2D eigenvalue weighted by atomic mass is 9.96. The van der Waals surface area contributed by atoms with Crippen LogP contribution in [0.1, 0.15) is 27.7 Å². The van der Waals surface area contributed by atoms with E-state index in [1.54, 1.807) is 20.8 Å². The lowest BCUT2D eigenvalue weighted by Crippen LogP contribution is -2.53. The summed E-state index contributed by atoms with van der Waals surface area (Å²) in [5, 5.41) is 20.1. The van der Waals surface area contributed by atoms with Gasteiger partial charge in [0.1, 0.15) is 5.60 Å². The largest absolute Gasteiger partial charge is 0.444 e. The molecule has 0 rings (SSSR count). The van der Waals surface area contributed by atoms with Gasteiger partial charge in [-0.25, -0.2) is 4.79 Å². The van der Waals surface area contributed by atoms with Gasteiger partial charge in [0, 0.05) is 0 Å². The molecular formula is C11H20F3NO4. The first-order valence-corrected chi connectivity index (χ1v) is 5.73. The number of hydrogen-bond acceptors (Lipinski definition) is 4. The summed E-state index contributed by atoms with van der Waals surface area (Å²) in [6.45, 7) is 4.56. The van der Waals surface area contributed by atoms with E-state index in [2.05, 4.69) is 0 Å². The topological polar surface area (TPSA) is 78.8 Å². The molecule has 19 heavy (non-hydrogen) atoms. The molecule has 0 aromatic rings. The highest BCUT2D eigenvalue weighted by atomic mass is 19.4. The molecule has 3 N–H and O–H groups in total. The van der Waals surface area contributed by atoms with Crippen molar-refractivity contribution in [3.05, 3.63) is 0 Å². The van der Waals surface area contributed by atoms with Gasteiger partial charge in [0.05, 0.1) is 24.7 Å². The van der Waals surface area contributed by atoms with Gasteiger partial charge < -0.3 is 20.3 Å². The molecule has 0 aliphatic heterocycles. The van der Waals surface area contributed by atoms with Crippen LogP contribution in [0.25, 0.3) is 0 Å². The first kappa shape index (κ1) is 18.0. The Morgan fingerprint density at radius 2 is 1.79 bits per heavy atom. The van der Waals surface area contributed by atoms with E-state index < -0.39 is 42.5 Å². The lowest BCUT2D eigenvalue weighted by molar-refractivity contribution is -0.185. The molecule has 1 amide bonds. The standard InChI is InChI=1S/C11H20F3NO4/c1-6(11(12,13)14)8(7(17)5-16)15-9(18)19-10(2,3)4/h6-8,16-17H,5H2,1-4H3,(H,15,18)/t6-,7+,8+/m0/s1. The van der Waals surface area contributed by atoms with Gasteiger partial charge in [0.2, 0.25) is 0 Å². The third-order valence-electron chi connectivity index (χ3n) is 2.34. The number of ether oxygens (including phenoxy) is 1. The molecule has 0 bridgehead atoms. The van der Waals surface area contributed by atoms with Crippen molar-refractivity contribution >= 4 is 6.09 Å². The number of alkyl halides is 3. The number of rotatable bonds is 4. The zero-order chi connectivity index (χ0) is 15.4. The van der Waals surface area contributed by atoms with Gasteiger partial charge in [-0.2, -0.15) is 13.2 Å². The SMILES string of the molecule is C[C@@H]([C@@H](NC(=O)OC(C)(C)C)[C@H](O)CO)C(F)(F)F. The maximum atomic E-state index is 12.6. The van der Waals surface area contributed by atoms with E-state index in [4.69, 9.17) is 9.84 Å². The van der Waals surface area contributed by atoms with Crippen LogP contribution in [0.2, 0.25) is 0 Å². The Morgan fingerprint density at radius 1 is 1.32 bits per heavy atom. The van der Waals surface area contributed by atoms with Crippen LogP contribution in [0, 0.1) is 5.92 Å². The highest BCUT2D eigenvalue weighted by Gasteiger charge is 2.44. The van der Waals surface area contributed by atoms with E-state index in [-0.39, 0.29) is 0 Å². The molecule has 3 atom stereocenters. The number of aliphatic hydroxyl groups is 2. The van der Waals surface area contributed by atoms with Crippen LogP contribution in [-0.4, -0.2) is 46.8 Å². The molecule has 114 valence electrons. The van der Waals surface area contributed by atoms with E-state index in [0.717, 1.165) is 6.92 Å². The fourth-order valence-corrected chi connectivity index (χ4v) is 1.32. The fraction of sp³-hybridized carbons (Fsp3) is 0.909. The van der Waals surface area contributed by atoms with Crippen LogP contribution in [0.3, 0.4) is 0 Å². The third-order valence-corrected chi connectivity index (χ3v) is 2.34. The third kappa shape index (κ3) is 6.63. The normalized spacial score (nSPS) is 17.5. The summed E-state index contributed by atoms with van der Waals surface area (Å²) in [5.74, 6) is -2.03. The molecule has 0 spiro atoms. The summed E-state index contributed by atoms with van der Waals surface area (Å²) >= 11 is 0. The van der Waals surface area contributed by atoms with Gasteiger partial charge in [-0.05, 0) is 20.8 Å². The number of nitrogens with one attached hydrogen (secondary N) is 1. The Morgan fingerprint density at radius 3 is 2.11 bits per heavy atom. The van der Waals surface area contributed by atoms with E-state index in [1.165, 1.54) is 0 Å². The Balaban J connectivity index is 4.85. The van der Waals surface area contributed by atoms with Gasteiger partial charge in [-0.3, -0.25) is 0 Å². The van der Waals surface area contributed by atoms with Gasteiger partial charge in [-0.1, -0.05) is 6.92 Å². The van der Waals surface area contributed by atoms with Crippen molar-refractivity contribution in [3.8, 4) is 0 Å². The first-order valence-electron chi connectivity index (χ1n) is 5.73. The van der Waals surface area contributed by atoms with Gasteiger partial charge >= 0.3 is 12.3 Å². The second-order valence-electron chi connectivity index (χ2n) is 5.25. The fourth-order valence-electron chi connectivity index (χ4n) is 1.32. The summed E-state index contributed by atoms with van der Waals surface area (Å²) in [5.41, 5.74) is -0.875. The highest BCUT2D eigenvalue weighted by molar-refractivity contribution is 5.68. The minimum Gasteiger partial charge on any atom is -0.444 e. The Hall–Kier alpha value is -1.02. The Kier molecular flexibility index (Phi) is 6.08. The molecule has 0 saturated heterocycles. The zero-order valence-electron chi connectivity index (χ0n) is 11.3. The Labute approximate surface area is 109 Å². The summed E-state index contributed by atoms with van der Waals surface area (Å²) < 4.78 is 42.6. The quantitative estimate of drug-likeness (QED) is 0.731. The summed E-state index contributed by atoms with van der Waals surface area (Å²) in [7, 11) is 0. The van der Waals surface area contributed by atoms with Gasteiger partial charge in [-0.15, -0.1) is 0 Å². The van der Waals surface area contributed by atoms with E-state index >= 15 is 0 Å². The maximum absolute atomic E-state index is 12.6. The molecule has 0 aromatic carbocycles. The molecule has 8 heteroatoms. The summed E-state index contributed by atoms with van der Waals surface area (Å²) in [4.78, 5) is 11.4. The van der Waals surface area contributed by atoms with Crippen LogP contribution in [-0.2, 0) is 4.74 Å². The van der Waals surface area contributed by atoms with Crippen LogP contribution in [0.5, 0.6) is 0 Å². The second-order valence-corrected chi connectivity index (χ2v) is 5.25. The monoisotopic (exact) mass is 287 g/mol. The van der Waals surface area contributed by atoms with Crippen LogP contribution >= 0.6 is 0 Å². The number of halogens is 3. The van der Waals surface area contributed by atoms with Crippen LogP contribution < -0.4 is 5.32 Å². The van der Waals surface area contributed by atoms with Crippen molar-refractivity contribution in [3.63, 3.8) is 0 Å². The van der Waals surface area contributed by atoms with Crippen molar-refractivity contribution in [1.29, 1.82) is 0 Å². The van der Waals surface area contributed by atoms with Crippen molar-refractivity contribution in [2.24, 2.45) is 5.92 Å². The average molecular weight is 287 g/mol. The van der Waals surface area contributed by atoms with Crippen LogP contribution in [0.15, 0.2) is 0 Å². The van der Waals surface area contributed by atoms with Crippen molar-refractivity contribution in [1.82, 2.24) is 5.32 Å². The maximum Gasteiger partial charge on any atom is 0.407 e. The predicted molar refractivity (Wildman–Crippen MR) is 61.5 cm³/mol. The number of hydrogen-bond donors (Lipinski definition) is 3. The molecule has 0 aliphatic carbocycles. The molecule has 0 aliphatic rings. The molecule has 0 heterocycles. The van der Waals surface area contributed by atoms with Gasteiger partial charge in [0.15, 0.2) is 0 Å². The summed E-state index contributed by atoms with van der Waals surface area (Å²) in [6.07, 6.45) is -7.43. The Bertz CT molecular complexity index is 301. The highest BCUT2D eigenvalue weighted by Crippen LogP contribution is 2.29. The first-order chi connectivity index (χ1) is 8.38. The smallest absolute Gasteiger partial charge is 0.407 e. The summed E-state index contributed by atoms with van der Waals surface area (Å²) in [6, 6.07) is -1.68. The molecule has 0 saturated carbocycles. The molecule has 5 nitrogen and oxygen atoms in total. The number of amides is 1. The minimum absolute atomic E-state index is 0.806. The van der Waals surface area contributed by atoms with E-state index in [0.29, 0.717) is 0 Å². The average Bonchev–Trinajstić information content (AvgIpc) is 2.20. The zero-order valence-corrected chi connectivity index (χ0v) is 11.3. The van der Waals surface area contributed by atoms with Crippen molar-refractivity contribution in [2.75, 3.05) is 6.61 Å². The van der Waals surface area contributed by atoms with E-state index in [9.17, 15) is 23.1 Å². The van der Waals surface area contributed by atoms with E-state index in [1.807, 2.05) is 5.32 Å².